The van der Waals surface area contributed by atoms with Crippen molar-refractivity contribution >= 4 is 11.6 Å². The van der Waals surface area contributed by atoms with Gasteiger partial charge in [-0.05, 0) is 37.6 Å². The molecule has 1 aromatic carbocycles. The highest BCUT2D eigenvalue weighted by Gasteiger charge is 2.06. The molecule has 0 fully saturated rings. The van der Waals surface area contributed by atoms with Gasteiger partial charge in [-0.3, -0.25) is 0 Å². The first-order valence-electron chi connectivity index (χ1n) is 5.59. The highest BCUT2D eigenvalue weighted by Crippen LogP contribution is 2.26. The highest BCUT2D eigenvalue weighted by atomic mass is 35.5. The number of halogens is 1. The van der Waals surface area contributed by atoms with Gasteiger partial charge in [0.25, 0.3) is 0 Å². The van der Waals surface area contributed by atoms with Crippen molar-refractivity contribution in [3.8, 4) is 11.8 Å². The SMILES string of the molecule is COc1cc(C)c(Cl)cc1CNCCCC#N. The van der Waals surface area contributed by atoms with Gasteiger partial charge in [0.1, 0.15) is 5.75 Å². The van der Waals surface area contributed by atoms with E-state index in [-0.39, 0.29) is 0 Å². The van der Waals surface area contributed by atoms with Crippen molar-refractivity contribution < 1.29 is 4.74 Å². The molecule has 17 heavy (non-hydrogen) atoms. The zero-order valence-electron chi connectivity index (χ0n) is 10.2. The van der Waals surface area contributed by atoms with Crippen LogP contribution >= 0.6 is 11.6 Å². The standard InChI is InChI=1S/C13H17ClN2O/c1-10-7-13(17-2)11(8-12(10)14)9-16-6-4-3-5-15/h7-8,16H,3-4,6,9H2,1-2H3. The molecule has 0 amide bonds. The first-order chi connectivity index (χ1) is 8.19. The van der Waals surface area contributed by atoms with Gasteiger partial charge in [0, 0.05) is 23.6 Å². The number of benzene rings is 1. The van der Waals surface area contributed by atoms with Gasteiger partial charge in [-0.25, -0.2) is 0 Å². The third kappa shape index (κ3) is 4.26. The molecule has 0 atom stereocenters. The number of hydrogen-bond acceptors (Lipinski definition) is 3. The molecule has 0 saturated carbocycles. The van der Waals surface area contributed by atoms with E-state index in [1.165, 1.54) is 0 Å². The molecule has 3 nitrogen and oxygen atoms in total. The van der Waals surface area contributed by atoms with Crippen molar-refractivity contribution in [3.05, 3.63) is 28.3 Å². The van der Waals surface area contributed by atoms with E-state index in [0.29, 0.717) is 13.0 Å². The molecule has 92 valence electrons. The number of hydrogen-bond donors (Lipinski definition) is 1. The van der Waals surface area contributed by atoms with Crippen molar-refractivity contribution in [1.82, 2.24) is 5.32 Å². The second-order valence-electron chi connectivity index (χ2n) is 3.85. The molecule has 0 saturated heterocycles. The number of nitrogens with zero attached hydrogens (tertiary/aromatic N) is 1. The fraction of sp³-hybridized carbons (Fsp3) is 0.462. The Morgan fingerprint density at radius 2 is 2.24 bits per heavy atom. The normalized spacial score (nSPS) is 10.0. The van der Waals surface area contributed by atoms with Crippen molar-refractivity contribution in [2.75, 3.05) is 13.7 Å². The lowest BCUT2D eigenvalue weighted by molar-refractivity contribution is 0.407. The summed E-state index contributed by atoms with van der Waals surface area (Å²) in [5.41, 5.74) is 2.05. The lowest BCUT2D eigenvalue weighted by atomic mass is 10.1. The molecular weight excluding hydrogens is 236 g/mol. The van der Waals surface area contributed by atoms with Gasteiger partial charge in [0.15, 0.2) is 0 Å². The minimum atomic E-state index is 0.582. The van der Waals surface area contributed by atoms with Gasteiger partial charge in [0.2, 0.25) is 0 Å². The molecule has 0 aliphatic heterocycles. The molecule has 0 spiro atoms. The molecule has 1 N–H and O–H groups in total. The van der Waals surface area contributed by atoms with Crippen LogP contribution in [0, 0.1) is 18.3 Å². The van der Waals surface area contributed by atoms with Crippen molar-refractivity contribution in [3.63, 3.8) is 0 Å². The highest BCUT2D eigenvalue weighted by molar-refractivity contribution is 6.31. The van der Waals surface area contributed by atoms with Crippen LogP contribution in [0.2, 0.25) is 5.02 Å². The summed E-state index contributed by atoms with van der Waals surface area (Å²) in [4.78, 5) is 0. The summed E-state index contributed by atoms with van der Waals surface area (Å²) < 4.78 is 5.31. The Morgan fingerprint density at radius 3 is 2.88 bits per heavy atom. The Hall–Kier alpha value is -1.24. The summed E-state index contributed by atoms with van der Waals surface area (Å²) in [5, 5.41) is 12.4. The molecule has 0 heterocycles. The second kappa shape index (κ2) is 7.16. The summed E-state index contributed by atoms with van der Waals surface area (Å²) in [6, 6.07) is 5.98. The quantitative estimate of drug-likeness (QED) is 0.792. The number of nitriles is 1. The molecule has 0 aromatic heterocycles. The van der Waals surface area contributed by atoms with Gasteiger partial charge in [-0.1, -0.05) is 11.6 Å². The molecule has 0 bridgehead atoms. The van der Waals surface area contributed by atoms with E-state index >= 15 is 0 Å². The van der Waals surface area contributed by atoms with Crippen LogP contribution in [-0.4, -0.2) is 13.7 Å². The molecule has 0 radical (unpaired) electrons. The number of rotatable bonds is 6. The van der Waals surface area contributed by atoms with E-state index in [4.69, 9.17) is 21.6 Å². The van der Waals surface area contributed by atoms with E-state index in [0.717, 1.165) is 34.9 Å². The van der Waals surface area contributed by atoms with Crippen LogP contribution in [0.1, 0.15) is 24.0 Å². The monoisotopic (exact) mass is 252 g/mol. The Kier molecular flexibility index (Phi) is 5.82. The predicted molar refractivity (Wildman–Crippen MR) is 69.3 cm³/mol. The van der Waals surface area contributed by atoms with E-state index in [1.54, 1.807) is 7.11 Å². The first-order valence-corrected chi connectivity index (χ1v) is 5.97. The summed E-state index contributed by atoms with van der Waals surface area (Å²) in [6.45, 7) is 3.48. The van der Waals surface area contributed by atoms with E-state index in [9.17, 15) is 0 Å². The van der Waals surface area contributed by atoms with Gasteiger partial charge < -0.3 is 10.1 Å². The average Bonchev–Trinajstić information content (AvgIpc) is 2.33. The largest absolute Gasteiger partial charge is 0.496 e. The fourth-order valence-electron chi connectivity index (χ4n) is 1.54. The molecular formula is C13H17ClN2O. The number of methoxy groups -OCH3 is 1. The van der Waals surface area contributed by atoms with Crippen molar-refractivity contribution in [2.45, 2.75) is 26.3 Å². The Bertz CT molecular complexity index is 413. The predicted octanol–water partition coefficient (Wildman–Crippen LogP) is 3.05. The van der Waals surface area contributed by atoms with E-state index in [2.05, 4.69) is 11.4 Å². The molecule has 4 heteroatoms. The maximum Gasteiger partial charge on any atom is 0.123 e. The number of nitrogens with one attached hydrogen (secondary N) is 1. The maximum atomic E-state index is 8.42. The maximum absolute atomic E-state index is 8.42. The molecule has 0 aliphatic carbocycles. The van der Waals surface area contributed by atoms with Crippen LogP contribution < -0.4 is 10.1 Å². The van der Waals surface area contributed by atoms with Crippen LogP contribution in [0.5, 0.6) is 5.75 Å². The van der Waals surface area contributed by atoms with Crippen molar-refractivity contribution in [1.29, 1.82) is 5.26 Å². The smallest absolute Gasteiger partial charge is 0.123 e. The first kappa shape index (κ1) is 13.8. The fourth-order valence-corrected chi connectivity index (χ4v) is 1.73. The number of aryl methyl sites for hydroxylation is 1. The summed E-state index contributed by atoms with van der Waals surface area (Å²) in [7, 11) is 1.65. The lowest BCUT2D eigenvalue weighted by Gasteiger charge is -2.11. The van der Waals surface area contributed by atoms with E-state index < -0.39 is 0 Å². The second-order valence-corrected chi connectivity index (χ2v) is 4.26. The van der Waals surface area contributed by atoms with E-state index in [1.807, 2.05) is 19.1 Å². The van der Waals surface area contributed by atoms with Crippen LogP contribution in [-0.2, 0) is 6.54 Å². The zero-order valence-corrected chi connectivity index (χ0v) is 11.0. The Morgan fingerprint density at radius 1 is 1.47 bits per heavy atom. The topological polar surface area (TPSA) is 45.0 Å². The molecule has 1 rings (SSSR count). The van der Waals surface area contributed by atoms with Crippen LogP contribution in [0.15, 0.2) is 12.1 Å². The number of unbranched alkanes of at least 4 members (excludes halogenated alkanes) is 1. The molecule has 1 aromatic rings. The van der Waals surface area contributed by atoms with Gasteiger partial charge in [-0.2, -0.15) is 5.26 Å². The Labute approximate surface area is 107 Å². The Balaban J connectivity index is 2.58. The van der Waals surface area contributed by atoms with Crippen molar-refractivity contribution in [2.24, 2.45) is 0 Å². The van der Waals surface area contributed by atoms with Crippen LogP contribution in [0.3, 0.4) is 0 Å². The van der Waals surface area contributed by atoms with Gasteiger partial charge in [0.05, 0.1) is 13.2 Å². The zero-order chi connectivity index (χ0) is 12.7. The minimum Gasteiger partial charge on any atom is -0.496 e. The third-order valence-electron chi connectivity index (χ3n) is 2.52. The lowest BCUT2D eigenvalue weighted by Crippen LogP contribution is -2.15. The third-order valence-corrected chi connectivity index (χ3v) is 2.93. The van der Waals surface area contributed by atoms with Crippen LogP contribution in [0.4, 0.5) is 0 Å². The van der Waals surface area contributed by atoms with Crippen LogP contribution in [0.25, 0.3) is 0 Å². The minimum absolute atomic E-state index is 0.582. The van der Waals surface area contributed by atoms with Gasteiger partial charge in [-0.15, -0.1) is 0 Å². The number of ether oxygens (including phenoxy) is 1. The summed E-state index contributed by atoms with van der Waals surface area (Å²) in [5.74, 6) is 0.847. The average molecular weight is 253 g/mol. The summed E-state index contributed by atoms with van der Waals surface area (Å²) >= 11 is 6.08. The molecule has 0 aliphatic rings. The summed E-state index contributed by atoms with van der Waals surface area (Å²) in [6.07, 6.45) is 1.44. The van der Waals surface area contributed by atoms with Gasteiger partial charge >= 0.3 is 0 Å². The molecule has 0 unspecified atom stereocenters.